The van der Waals surface area contributed by atoms with Crippen molar-refractivity contribution in [2.75, 3.05) is 4.90 Å². The molecule has 0 spiro atoms. The smallest absolute Gasteiger partial charge is 0.0462 e. The second kappa shape index (κ2) is 12.9. The van der Waals surface area contributed by atoms with Crippen molar-refractivity contribution in [3.05, 3.63) is 207 Å². The van der Waals surface area contributed by atoms with Crippen LogP contribution in [-0.4, -0.2) is 4.98 Å². The average Bonchev–Trinajstić information content (AvgIpc) is 3.24. The number of para-hydroxylation sites is 1. The van der Waals surface area contributed by atoms with Crippen molar-refractivity contribution in [1.29, 1.82) is 0 Å². The molecule has 0 saturated heterocycles. The molecule has 0 saturated carbocycles. The van der Waals surface area contributed by atoms with Crippen molar-refractivity contribution >= 4 is 49.4 Å². The van der Waals surface area contributed by atoms with Crippen LogP contribution in [0.1, 0.15) is 0 Å². The number of benzene rings is 9. The topological polar surface area (TPSA) is 16.1 Å². The Hall–Kier alpha value is -7.03. The largest absolute Gasteiger partial charge is 0.311 e. The van der Waals surface area contributed by atoms with Crippen LogP contribution in [0.25, 0.3) is 76.8 Å². The highest BCUT2D eigenvalue weighted by Gasteiger charge is 2.15. The summed E-state index contributed by atoms with van der Waals surface area (Å²) < 4.78 is 0. The first-order chi connectivity index (χ1) is 26.2. The predicted molar refractivity (Wildman–Crippen MR) is 224 cm³/mol. The van der Waals surface area contributed by atoms with Crippen LogP contribution < -0.4 is 4.90 Å². The van der Waals surface area contributed by atoms with Gasteiger partial charge in [0.1, 0.15) is 0 Å². The molecule has 0 unspecified atom stereocenters. The molecular weight excluding hydrogens is 641 g/mol. The Morgan fingerprint density at radius 3 is 1.09 bits per heavy atom. The fourth-order valence-electron chi connectivity index (χ4n) is 7.82. The molecule has 0 fully saturated rings. The number of nitrogens with zero attached hydrogens (tertiary/aromatic N) is 2. The van der Waals surface area contributed by atoms with Crippen LogP contribution in [0, 0.1) is 0 Å². The van der Waals surface area contributed by atoms with Crippen LogP contribution >= 0.6 is 0 Å². The first-order valence-corrected chi connectivity index (χ1v) is 18.1. The molecule has 0 atom stereocenters. The van der Waals surface area contributed by atoms with Crippen LogP contribution in [0.2, 0.25) is 0 Å². The molecule has 2 heteroatoms. The van der Waals surface area contributed by atoms with E-state index in [4.69, 9.17) is 0 Å². The fraction of sp³-hybridized carbons (Fsp3) is 0. The Bertz CT molecular complexity index is 2760. The van der Waals surface area contributed by atoms with E-state index in [0.717, 1.165) is 28.2 Å². The second-order valence-electron chi connectivity index (χ2n) is 13.7. The van der Waals surface area contributed by atoms with Crippen molar-refractivity contribution in [1.82, 2.24) is 4.98 Å². The van der Waals surface area contributed by atoms with Gasteiger partial charge in [0.05, 0.1) is 0 Å². The van der Waals surface area contributed by atoms with Gasteiger partial charge >= 0.3 is 0 Å². The maximum Gasteiger partial charge on any atom is 0.0462 e. The molecule has 0 aliphatic heterocycles. The van der Waals surface area contributed by atoms with Crippen LogP contribution in [0.4, 0.5) is 17.1 Å². The molecule has 0 bridgehead atoms. The Morgan fingerprint density at radius 2 is 0.642 bits per heavy atom. The van der Waals surface area contributed by atoms with Gasteiger partial charge in [0.25, 0.3) is 0 Å². The molecule has 0 radical (unpaired) electrons. The van der Waals surface area contributed by atoms with Crippen molar-refractivity contribution in [3.8, 4) is 44.5 Å². The fourth-order valence-corrected chi connectivity index (χ4v) is 7.82. The molecule has 9 aromatic carbocycles. The third-order valence-electron chi connectivity index (χ3n) is 10.5. The Labute approximate surface area is 309 Å². The minimum atomic E-state index is 1.10. The summed E-state index contributed by atoms with van der Waals surface area (Å²) in [4.78, 5) is 6.59. The second-order valence-corrected chi connectivity index (χ2v) is 13.7. The van der Waals surface area contributed by atoms with Crippen molar-refractivity contribution in [2.45, 2.75) is 0 Å². The first-order valence-electron chi connectivity index (χ1n) is 18.1. The molecule has 10 aromatic rings. The van der Waals surface area contributed by atoms with E-state index in [9.17, 15) is 0 Å². The van der Waals surface area contributed by atoms with Gasteiger partial charge in [-0.25, -0.2) is 0 Å². The molecular formula is C51H34N2. The lowest BCUT2D eigenvalue weighted by molar-refractivity contribution is 1.28. The summed E-state index contributed by atoms with van der Waals surface area (Å²) in [6.45, 7) is 0. The molecule has 0 N–H and O–H groups in total. The highest BCUT2D eigenvalue weighted by atomic mass is 15.1. The molecule has 1 heterocycles. The molecule has 0 aliphatic carbocycles. The zero-order chi connectivity index (χ0) is 35.1. The number of anilines is 3. The number of aromatic nitrogens is 1. The molecule has 0 aliphatic rings. The highest BCUT2D eigenvalue weighted by Crippen LogP contribution is 2.40. The maximum absolute atomic E-state index is 4.29. The van der Waals surface area contributed by atoms with Gasteiger partial charge < -0.3 is 4.90 Å². The Morgan fingerprint density at radius 1 is 0.283 bits per heavy atom. The summed E-state index contributed by atoms with van der Waals surface area (Å²) in [7, 11) is 0. The van der Waals surface area contributed by atoms with E-state index in [2.05, 4.69) is 198 Å². The van der Waals surface area contributed by atoms with Crippen LogP contribution in [-0.2, 0) is 0 Å². The minimum Gasteiger partial charge on any atom is -0.311 e. The van der Waals surface area contributed by atoms with Crippen molar-refractivity contribution in [2.24, 2.45) is 0 Å². The van der Waals surface area contributed by atoms with Gasteiger partial charge in [-0.2, -0.15) is 0 Å². The number of pyridine rings is 1. The van der Waals surface area contributed by atoms with Crippen molar-refractivity contribution < 1.29 is 0 Å². The van der Waals surface area contributed by atoms with E-state index in [1.807, 2.05) is 18.5 Å². The first kappa shape index (κ1) is 30.8. The zero-order valence-corrected chi connectivity index (χ0v) is 29.0. The maximum atomic E-state index is 4.29. The monoisotopic (exact) mass is 674 g/mol. The quantitative estimate of drug-likeness (QED) is 0.156. The molecule has 10 rings (SSSR count). The van der Waals surface area contributed by atoms with Gasteiger partial charge in [-0.3, -0.25) is 4.98 Å². The molecule has 53 heavy (non-hydrogen) atoms. The highest BCUT2D eigenvalue weighted by molar-refractivity contribution is 6.24. The van der Waals surface area contributed by atoms with Crippen molar-refractivity contribution in [3.63, 3.8) is 0 Å². The van der Waals surface area contributed by atoms with Gasteiger partial charge in [0, 0.05) is 29.5 Å². The summed E-state index contributed by atoms with van der Waals surface area (Å²) >= 11 is 0. The summed E-state index contributed by atoms with van der Waals surface area (Å²) in [6.07, 6.45) is 3.71. The van der Waals surface area contributed by atoms with Gasteiger partial charge in [0.15, 0.2) is 0 Å². The standard InChI is InChI=1S/C51H34N2/c1-3-8-35(9-4-1)45-30-40-17-19-42-32-46(33-43-20-18-41(31-45)50(40)51(42)43)39-15-13-36(14-16-39)37-21-25-48(26-22-37)53(47-11-5-2-6-12-47)49-27-23-38(24-28-49)44-10-7-29-52-34-44/h1-34H. The SMILES string of the molecule is c1ccc(-c2cc3ccc4cc(-c5ccc(-c6ccc(N(c7ccccc7)c7ccc(-c8cccnc8)cc7)cc6)cc5)cc5ccc(c2)c3c45)cc1. The van der Waals surface area contributed by atoms with Gasteiger partial charge in [-0.15, -0.1) is 0 Å². The third kappa shape index (κ3) is 5.67. The summed E-state index contributed by atoms with van der Waals surface area (Å²) in [5.41, 5.74) is 12.9. The Kier molecular flexibility index (Phi) is 7.51. The van der Waals surface area contributed by atoms with E-state index in [-0.39, 0.29) is 0 Å². The zero-order valence-electron chi connectivity index (χ0n) is 29.0. The minimum absolute atomic E-state index is 1.10. The lowest BCUT2D eigenvalue weighted by Crippen LogP contribution is -2.09. The van der Waals surface area contributed by atoms with E-state index in [1.54, 1.807) is 0 Å². The summed E-state index contributed by atoms with van der Waals surface area (Å²) in [5, 5.41) is 7.81. The Balaban J connectivity index is 0.943. The summed E-state index contributed by atoms with van der Waals surface area (Å²) in [5.74, 6) is 0. The lowest BCUT2D eigenvalue weighted by Gasteiger charge is -2.26. The van der Waals surface area contributed by atoms with Gasteiger partial charge in [-0.05, 0) is 144 Å². The predicted octanol–water partition coefficient (Wildman–Crippen LogP) is 14.1. The average molecular weight is 675 g/mol. The molecule has 248 valence electrons. The van der Waals surface area contributed by atoms with E-state index >= 15 is 0 Å². The van der Waals surface area contributed by atoms with Gasteiger partial charge in [0.2, 0.25) is 0 Å². The van der Waals surface area contributed by atoms with Crippen LogP contribution in [0.5, 0.6) is 0 Å². The molecule has 2 nitrogen and oxygen atoms in total. The van der Waals surface area contributed by atoms with Gasteiger partial charge in [-0.1, -0.05) is 127 Å². The molecule has 1 aromatic heterocycles. The van der Waals surface area contributed by atoms with Crippen LogP contribution in [0.3, 0.4) is 0 Å². The number of hydrogen-bond acceptors (Lipinski definition) is 2. The normalized spacial score (nSPS) is 11.4. The van der Waals surface area contributed by atoms with E-state index in [0.29, 0.717) is 0 Å². The van der Waals surface area contributed by atoms with E-state index < -0.39 is 0 Å². The lowest BCUT2D eigenvalue weighted by atomic mass is 9.89. The van der Waals surface area contributed by atoms with E-state index in [1.165, 1.54) is 65.7 Å². The van der Waals surface area contributed by atoms with Crippen LogP contribution in [0.15, 0.2) is 207 Å². The number of rotatable bonds is 7. The third-order valence-corrected chi connectivity index (χ3v) is 10.5. The summed E-state index contributed by atoms with van der Waals surface area (Å²) in [6, 6.07) is 70.3. The molecule has 0 amide bonds. The number of hydrogen-bond donors (Lipinski definition) is 0.